The first-order valence-electron chi connectivity index (χ1n) is 18.2. The summed E-state index contributed by atoms with van der Waals surface area (Å²) >= 11 is 0. The summed E-state index contributed by atoms with van der Waals surface area (Å²) in [5, 5.41) is 9.05. The second kappa shape index (κ2) is 12.8. The topological polar surface area (TPSA) is 131 Å². The smallest absolute Gasteiger partial charge is 0.319 e. The van der Waals surface area contributed by atoms with Gasteiger partial charge in [0.15, 0.2) is 11.6 Å². The van der Waals surface area contributed by atoms with Crippen LogP contribution in [0.1, 0.15) is 48.6 Å². The number of benzene rings is 3. The molecule has 1 saturated carbocycles. The lowest BCUT2D eigenvalue weighted by molar-refractivity contribution is 0.184. The van der Waals surface area contributed by atoms with E-state index < -0.39 is 21.7 Å². The number of pyridine rings is 1. The number of hydrogen-bond donors (Lipinski definition) is 1. The molecule has 1 aliphatic carbocycles. The summed E-state index contributed by atoms with van der Waals surface area (Å²) in [6.45, 7) is 2.32. The third kappa shape index (κ3) is 5.83. The zero-order chi connectivity index (χ0) is 37.4. The van der Waals surface area contributed by atoms with Crippen molar-refractivity contribution in [3.8, 4) is 29.6 Å². The maximum atomic E-state index is 16.9. The van der Waals surface area contributed by atoms with Gasteiger partial charge in [0.25, 0.3) is 10.0 Å². The molecule has 2 atom stereocenters. The van der Waals surface area contributed by atoms with Gasteiger partial charge in [-0.25, -0.2) is 13.8 Å². The standard InChI is InChI=1S/C40H33F2N9O3S/c1-2-30-33(41)12-11-24-6-4-8-31(34(24)30)36-35(42)37-32(18-44-36)39(50-20-26-16-27(50)17-43-26)47-40(46-37)54-28-13-14-49(21-28)19-23-5-3-7-29(15-23)55(52,53)51-22-45-38(48-51)25-9-10-25/h1,3-8,11-12,15,17-18,22,25-26,28,43H,9-10,13-14,16,19-21H2. The molecule has 2 saturated heterocycles. The van der Waals surface area contributed by atoms with E-state index in [0.29, 0.717) is 66.0 Å². The van der Waals surface area contributed by atoms with E-state index in [0.717, 1.165) is 34.6 Å². The first-order valence-corrected chi connectivity index (χ1v) is 19.6. The number of nitrogens with one attached hydrogen (secondary N) is 1. The molecule has 15 heteroatoms. The largest absolute Gasteiger partial charge is 0.459 e. The number of ether oxygens (including phenoxy) is 1. The SMILES string of the molecule is C#Cc1c(F)ccc2cccc(-c3ncc4c(N5CC6CC5=CN6)nc(OC5CCN(Cc6cccc(S(=O)(=O)n7cnc(C8CC8)n7)c6)C5)nc4c3F)c12. The fraction of sp³-hybridized carbons (Fsp3) is 0.275. The molecule has 55 heavy (non-hydrogen) atoms. The average molecular weight is 758 g/mol. The summed E-state index contributed by atoms with van der Waals surface area (Å²) < 4.78 is 65.9. The van der Waals surface area contributed by atoms with E-state index in [2.05, 4.69) is 36.2 Å². The minimum Gasteiger partial charge on any atom is -0.459 e. The van der Waals surface area contributed by atoms with Crippen LogP contribution in [0.15, 0.2) is 83.9 Å². The highest BCUT2D eigenvalue weighted by Crippen LogP contribution is 2.40. The molecule has 12 nitrogen and oxygen atoms in total. The van der Waals surface area contributed by atoms with Crippen molar-refractivity contribution in [3.05, 3.63) is 108 Å². The van der Waals surface area contributed by atoms with Crippen LogP contribution in [0.2, 0.25) is 0 Å². The van der Waals surface area contributed by atoms with E-state index >= 15 is 4.39 Å². The molecule has 3 aromatic carbocycles. The van der Waals surface area contributed by atoms with Crippen molar-refractivity contribution in [1.29, 1.82) is 0 Å². The normalized spacial score (nSPS) is 19.6. The Balaban J connectivity index is 0.946. The van der Waals surface area contributed by atoms with E-state index in [4.69, 9.17) is 16.1 Å². The van der Waals surface area contributed by atoms with Crippen LogP contribution in [-0.2, 0) is 16.6 Å². The molecule has 2 bridgehead atoms. The maximum absolute atomic E-state index is 16.9. The van der Waals surface area contributed by atoms with Gasteiger partial charge in [-0.2, -0.15) is 18.4 Å². The highest BCUT2D eigenvalue weighted by Gasteiger charge is 2.35. The summed E-state index contributed by atoms with van der Waals surface area (Å²) in [4.78, 5) is 22.6. The number of hydrogen-bond acceptors (Lipinski definition) is 11. The highest BCUT2D eigenvalue weighted by molar-refractivity contribution is 7.89. The maximum Gasteiger partial charge on any atom is 0.319 e. The van der Waals surface area contributed by atoms with E-state index in [1.165, 1.54) is 12.4 Å². The quantitative estimate of drug-likeness (QED) is 0.188. The molecular weight excluding hydrogens is 725 g/mol. The summed E-state index contributed by atoms with van der Waals surface area (Å²) in [5.74, 6) is 2.45. The predicted molar refractivity (Wildman–Crippen MR) is 200 cm³/mol. The first-order chi connectivity index (χ1) is 26.7. The van der Waals surface area contributed by atoms with Crippen molar-refractivity contribution in [2.24, 2.45) is 0 Å². The van der Waals surface area contributed by atoms with Crippen molar-refractivity contribution in [2.45, 2.75) is 55.2 Å². The number of terminal acetylenes is 1. The summed E-state index contributed by atoms with van der Waals surface area (Å²) in [5.41, 5.74) is 2.25. The van der Waals surface area contributed by atoms with Gasteiger partial charge >= 0.3 is 6.01 Å². The van der Waals surface area contributed by atoms with Crippen LogP contribution in [0, 0.1) is 24.0 Å². The molecular formula is C40H33F2N9O3S. The van der Waals surface area contributed by atoms with E-state index in [1.54, 1.807) is 48.7 Å². The Morgan fingerprint density at radius 2 is 1.89 bits per heavy atom. The summed E-state index contributed by atoms with van der Waals surface area (Å²) in [6.07, 6.45) is 13.6. The van der Waals surface area contributed by atoms with Crippen molar-refractivity contribution in [1.82, 2.24) is 39.3 Å². The minimum absolute atomic E-state index is 0.0110. The van der Waals surface area contributed by atoms with Crippen LogP contribution < -0.4 is 15.0 Å². The van der Waals surface area contributed by atoms with Gasteiger partial charge in [-0.05, 0) is 48.4 Å². The van der Waals surface area contributed by atoms with Crippen LogP contribution in [0.5, 0.6) is 6.01 Å². The van der Waals surface area contributed by atoms with Gasteiger partial charge in [0.05, 0.1) is 15.8 Å². The Morgan fingerprint density at radius 1 is 1.02 bits per heavy atom. The summed E-state index contributed by atoms with van der Waals surface area (Å²) in [7, 11) is -3.89. The number of likely N-dealkylation sites (tertiary alicyclic amines) is 1. The monoisotopic (exact) mass is 757 g/mol. The first kappa shape index (κ1) is 33.6. The Hall–Kier alpha value is -5.98. The average Bonchev–Trinajstić information content (AvgIpc) is 3.55. The number of halogens is 2. The fourth-order valence-corrected chi connectivity index (χ4v) is 9.00. The summed E-state index contributed by atoms with van der Waals surface area (Å²) in [6, 6.07) is 15.2. The van der Waals surface area contributed by atoms with Gasteiger partial charge in [0.1, 0.15) is 35.3 Å². The molecule has 276 valence electrons. The number of rotatable bonds is 9. The lowest BCUT2D eigenvalue weighted by Crippen LogP contribution is -2.33. The van der Waals surface area contributed by atoms with Gasteiger partial charge < -0.3 is 15.0 Å². The molecule has 1 N–H and O–H groups in total. The van der Waals surface area contributed by atoms with Gasteiger partial charge in [-0.3, -0.25) is 9.88 Å². The Morgan fingerprint density at radius 3 is 2.69 bits per heavy atom. The van der Waals surface area contributed by atoms with Gasteiger partial charge in [-0.15, -0.1) is 15.6 Å². The molecule has 3 fully saturated rings. The molecule has 2 unspecified atom stereocenters. The van der Waals surface area contributed by atoms with Crippen LogP contribution >= 0.6 is 0 Å². The van der Waals surface area contributed by atoms with Gasteiger partial charge in [-0.1, -0.05) is 42.3 Å². The van der Waals surface area contributed by atoms with E-state index in [9.17, 15) is 12.8 Å². The second-order valence-electron chi connectivity index (χ2n) is 14.5. The molecule has 0 radical (unpaired) electrons. The molecule has 3 aliphatic heterocycles. The zero-order valence-corrected chi connectivity index (χ0v) is 30.2. The van der Waals surface area contributed by atoms with Crippen molar-refractivity contribution < 1.29 is 21.9 Å². The van der Waals surface area contributed by atoms with Gasteiger partial charge in [0, 0.05) is 73.6 Å². The molecule has 6 heterocycles. The lowest BCUT2D eigenvalue weighted by atomic mass is 9.96. The van der Waals surface area contributed by atoms with E-state index in [-0.39, 0.29) is 45.7 Å². The number of fused-ring (bicyclic) bond motifs is 4. The third-order valence-corrected chi connectivity index (χ3v) is 12.3. The molecule has 0 amide bonds. The number of anilines is 1. The molecule has 4 aliphatic rings. The molecule has 10 rings (SSSR count). The molecule has 3 aromatic heterocycles. The zero-order valence-electron chi connectivity index (χ0n) is 29.4. The fourth-order valence-electron chi connectivity index (χ4n) is 7.87. The van der Waals surface area contributed by atoms with Crippen molar-refractivity contribution in [2.75, 3.05) is 24.5 Å². The number of nitrogens with zero attached hydrogens (tertiary/aromatic N) is 8. The van der Waals surface area contributed by atoms with E-state index in [1.807, 2.05) is 17.2 Å². The van der Waals surface area contributed by atoms with Crippen LogP contribution in [-0.4, -0.2) is 74.2 Å². The minimum atomic E-state index is -3.89. The molecule has 6 aromatic rings. The number of aromatic nitrogens is 6. The van der Waals surface area contributed by atoms with Crippen LogP contribution in [0.3, 0.4) is 0 Å². The molecule has 0 spiro atoms. The van der Waals surface area contributed by atoms with Gasteiger partial charge in [0.2, 0.25) is 0 Å². The Kier molecular flexibility index (Phi) is 7.82. The lowest BCUT2D eigenvalue weighted by Gasteiger charge is -2.25. The third-order valence-electron chi connectivity index (χ3n) is 10.8. The van der Waals surface area contributed by atoms with Crippen LogP contribution in [0.4, 0.5) is 14.6 Å². The van der Waals surface area contributed by atoms with Crippen LogP contribution in [0.25, 0.3) is 32.9 Å². The second-order valence-corrected chi connectivity index (χ2v) is 16.3. The van der Waals surface area contributed by atoms with Crippen molar-refractivity contribution >= 4 is 37.5 Å². The van der Waals surface area contributed by atoms with Crippen molar-refractivity contribution in [3.63, 3.8) is 0 Å². The predicted octanol–water partition coefficient (Wildman–Crippen LogP) is 5.49. The Bertz CT molecular complexity index is 2740. The highest BCUT2D eigenvalue weighted by atomic mass is 32.2. The Labute approximate surface area is 314 Å².